The second kappa shape index (κ2) is 12.0. The zero-order chi connectivity index (χ0) is 15.3. The number of hydrogen-bond donors (Lipinski definition) is 3. The molecule has 3 N–H and O–H groups in total. The van der Waals surface area contributed by atoms with Crippen molar-refractivity contribution in [1.29, 1.82) is 0 Å². The Morgan fingerprint density at radius 2 is 1.75 bits per heavy atom. The zero-order valence-electron chi connectivity index (χ0n) is 13.0. The molecule has 0 unspecified atom stereocenters. The highest BCUT2D eigenvalue weighted by Gasteiger charge is 2.04. The van der Waals surface area contributed by atoms with Crippen molar-refractivity contribution in [3.05, 3.63) is 0 Å². The van der Waals surface area contributed by atoms with Gasteiger partial charge in [-0.05, 0) is 20.3 Å². The quantitative estimate of drug-likeness (QED) is 0.303. The molecular formula is C13H30N4O2S. The third kappa shape index (κ3) is 11.0. The summed E-state index contributed by atoms with van der Waals surface area (Å²) in [6, 6.07) is 0. The van der Waals surface area contributed by atoms with Crippen LogP contribution in [0, 0.1) is 0 Å². The molecular weight excluding hydrogens is 276 g/mol. The normalized spacial score (nSPS) is 12.4. The lowest BCUT2D eigenvalue weighted by atomic mass is 10.2. The average molecular weight is 306 g/mol. The molecule has 120 valence electrons. The summed E-state index contributed by atoms with van der Waals surface area (Å²) in [5, 5.41) is 6.27. The van der Waals surface area contributed by atoms with E-state index in [9.17, 15) is 8.42 Å². The molecule has 0 saturated carbocycles. The fraction of sp³-hybridized carbons (Fsp3) is 0.923. The summed E-state index contributed by atoms with van der Waals surface area (Å²) in [7, 11) is -3.11. The maximum Gasteiger partial charge on any atom is 0.211 e. The van der Waals surface area contributed by atoms with Gasteiger partial charge < -0.3 is 10.6 Å². The zero-order valence-corrected chi connectivity index (χ0v) is 13.9. The summed E-state index contributed by atoms with van der Waals surface area (Å²) < 4.78 is 25.0. The van der Waals surface area contributed by atoms with E-state index in [4.69, 9.17) is 0 Å². The van der Waals surface area contributed by atoms with Crippen molar-refractivity contribution in [3.63, 3.8) is 0 Å². The van der Waals surface area contributed by atoms with Gasteiger partial charge in [0.15, 0.2) is 5.96 Å². The number of rotatable bonds is 11. The van der Waals surface area contributed by atoms with Crippen LogP contribution in [-0.2, 0) is 10.0 Å². The largest absolute Gasteiger partial charge is 0.357 e. The monoisotopic (exact) mass is 306 g/mol. The molecule has 0 heterocycles. The standard InChI is InChI=1S/C13H30N4O2S/c1-4-7-8-9-10-15-13(14-5-2)16-11-12-17-20(18,19)6-3/h17H,4-12H2,1-3H3,(H2,14,15,16). The number of nitrogens with one attached hydrogen (secondary N) is 3. The molecule has 0 aromatic rings. The SMILES string of the molecule is CCCCCCN=C(NCC)NCCNS(=O)(=O)CC. The van der Waals surface area contributed by atoms with Crippen molar-refractivity contribution >= 4 is 16.0 Å². The molecule has 0 radical (unpaired) electrons. The predicted molar refractivity (Wildman–Crippen MR) is 85.6 cm³/mol. The molecule has 0 bridgehead atoms. The average Bonchev–Trinajstić information content (AvgIpc) is 2.43. The molecule has 0 aliphatic rings. The van der Waals surface area contributed by atoms with E-state index in [2.05, 4.69) is 27.3 Å². The number of aliphatic imine (C=N–C) groups is 1. The van der Waals surface area contributed by atoms with E-state index < -0.39 is 10.0 Å². The molecule has 0 amide bonds. The Bertz CT molecular complexity index is 355. The number of unbranched alkanes of at least 4 members (excludes halogenated alkanes) is 3. The third-order valence-corrected chi connectivity index (χ3v) is 4.15. The van der Waals surface area contributed by atoms with Gasteiger partial charge in [0.05, 0.1) is 5.75 Å². The third-order valence-electron chi connectivity index (χ3n) is 2.75. The lowest BCUT2D eigenvalue weighted by Gasteiger charge is -2.11. The van der Waals surface area contributed by atoms with Crippen molar-refractivity contribution in [2.75, 3.05) is 31.9 Å². The first-order valence-electron chi connectivity index (χ1n) is 7.55. The fourth-order valence-corrected chi connectivity index (χ4v) is 2.18. The number of nitrogens with zero attached hydrogens (tertiary/aromatic N) is 1. The van der Waals surface area contributed by atoms with E-state index in [1.54, 1.807) is 6.92 Å². The fourth-order valence-electron chi connectivity index (χ4n) is 1.56. The molecule has 7 heteroatoms. The van der Waals surface area contributed by atoms with Crippen molar-refractivity contribution in [3.8, 4) is 0 Å². The first-order valence-corrected chi connectivity index (χ1v) is 9.20. The minimum atomic E-state index is -3.11. The smallest absolute Gasteiger partial charge is 0.211 e. The summed E-state index contributed by atoms with van der Waals surface area (Å²) >= 11 is 0. The summed E-state index contributed by atoms with van der Waals surface area (Å²) in [4.78, 5) is 4.46. The summed E-state index contributed by atoms with van der Waals surface area (Å²) in [6.07, 6.45) is 4.76. The van der Waals surface area contributed by atoms with Crippen LogP contribution in [0.15, 0.2) is 4.99 Å². The van der Waals surface area contributed by atoms with Crippen LogP contribution >= 0.6 is 0 Å². The Hall–Kier alpha value is -0.820. The van der Waals surface area contributed by atoms with Crippen LogP contribution in [0.2, 0.25) is 0 Å². The van der Waals surface area contributed by atoms with Gasteiger partial charge in [0.25, 0.3) is 0 Å². The first kappa shape index (κ1) is 19.2. The van der Waals surface area contributed by atoms with Crippen molar-refractivity contribution < 1.29 is 8.42 Å². The van der Waals surface area contributed by atoms with Crippen molar-refractivity contribution in [1.82, 2.24) is 15.4 Å². The Balaban J connectivity index is 3.92. The molecule has 0 aromatic heterocycles. The van der Waals surface area contributed by atoms with E-state index in [-0.39, 0.29) is 5.75 Å². The van der Waals surface area contributed by atoms with Gasteiger partial charge in [-0.1, -0.05) is 26.2 Å². The number of hydrogen-bond acceptors (Lipinski definition) is 3. The Morgan fingerprint density at radius 3 is 2.35 bits per heavy atom. The van der Waals surface area contributed by atoms with E-state index in [0.29, 0.717) is 13.1 Å². The molecule has 0 fully saturated rings. The molecule has 0 aliphatic carbocycles. The van der Waals surface area contributed by atoms with Crippen LogP contribution < -0.4 is 15.4 Å². The maximum absolute atomic E-state index is 11.3. The highest BCUT2D eigenvalue weighted by atomic mass is 32.2. The van der Waals surface area contributed by atoms with Gasteiger partial charge >= 0.3 is 0 Å². The number of guanidine groups is 1. The van der Waals surface area contributed by atoms with Gasteiger partial charge in [-0.25, -0.2) is 13.1 Å². The second-order valence-electron chi connectivity index (χ2n) is 4.55. The Morgan fingerprint density at radius 1 is 1.00 bits per heavy atom. The van der Waals surface area contributed by atoms with Gasteiger partial charge in [0.2, 0.25) is 10.0 Å². The highest BCUT2D eigenvalue weighted by Crippen LogP contribution is 1.98. The Labute approximate surface area is 123 Å². The molecule has 0 rings (SSSR count). The maximum atomic E-state index is 11.3. The van der Waals surface area contributed by atoms with Crippen LogP contribution in [0.3, 0.4) is 0 Å². The van der Waals surface area contributed by atoms with Gasteiger partial charge in [-0.2, -0.15) is 0 Å². The van der Waals surface area contributed by atoms with E-state index >= 15 is 0 Å². The van der Waals surface area contributed by atoms with Crippen LogP contribution in [0.25, 0.3) is 0 Å². The molecule has 20 heavy (non-hydrogen) atoms. The Kier molecular flexibility index (Phi) is 11.5. The molecule has 0 atom stereocenters. The minimum Gasteiger partial charge on any atom is -0.357 e. The van der Waals surface area contributed by atoms with Crippen LogP contribution in [-0.4, -0.2) is 46.3 Å². The number of sulfonamides is 1. The molecule has 0 aromatic carbocycles. The molecule has 6 nitrogen and oxygen atoms in total. The molecule has 0 saturated heterocycles. The van der Waals surface area contributed by atoms with Crippen molar-refractivity contribution in [2.24, 2.45) is 4.99 Å². The first-order chi connectivity index (χ1) is 9.55. The molecule has 0 spiro atoms. The van der Waals surface area contributed by atoms with Crippen molar-refractivity contribution in [2.45, 2.75) is 46.5 Å². The van der Waals surface area contributed by atoms with Gasteiger partial charge in [0, 0.05) is 26.2 Å². The predicted octanol–water partition coefficient (Wildman–Crippen LogP) is 1.06. The topological polar surface area (TPSA) is 82.6 Å². The van der Waals surface area contributed by atoms with E-state index in [1.807, 2.05) is 6.92 Å². The van der Waals surface area contributed by atoms with E-state index in [1.165, 1.54) is 19.3 Å². The van der Waals surface area contributed by atoms with Crippen LogP contribution in [0.4, 0.5) is 0 Å². The van der Waals surface area contributed by atoms with Gasteiger partial charge in [-0.3, -0.25) is 4.99 Å². The van der Waals surface area contributed by atoms with Crippen LogP contribution in [0.1, 0.15) is 46.5 Å². The van der Waals surface area contributed by atoms with E-state index in [0.717, 1.165) is 25.5 Å². The minimum absolute atomic E-state index is 0.110. The summed E-state index contributed by atoms with van der Waals surface area (Å²) in [5.74, 6) is 0.859. The summed E-state index contributed by atoms with van der Waals surface area (Å²) in [5.41, 5.74) is 0. The van der Waals surface area contributed by atoms with Gasteiger partial charge in [-0.15, -0.1) is 0 Å². The van der Waals surface area contributed by atoms with Crippen LogP contribution in [0.5, 0.6) is 0 Å². The lowest BCUT2D eigenvalue weighted by molar-refractivity contribution is 0.581. The second-order valence-corrected chi connectivity index (χ2v) is 6.64. The molecule has 0 aliphatic heterocycles. The summed E-state index contributed by atoms with van der Waals surface area (Å²) in [6.45, 7) is 8.31. The van der Waals surface area contributed by atoms with Gasteiger partial charge in [0.1, 0.15) is 0 Å². The lowest BCUT2D eigenvalue weighted by Crippen LogP contribution is -2.41. The highest BCUT2D eigenvalue weighted by molar-refractivity contribution is 7.89.